The molecular formula is C15H22BrN3O2. The van der Waals surface area contributed by atoms with Crippen LogP contribution in [0.1, 0.15) is 26.2 Å². The summed E-state index contributed by atoms with van der Waals surface area (Å²) in [5.41, 5.74) is 1.19. The van der Waals surface area contributed by atoms with E-state index in [-0.39, 0.29) is 10.6 Å². The highest BCUT2D eigenvalue weighted by Gasteiger charge is 2.19. The van der Waals surface area contributed by atoms with Crippen LogP contribution in [0.3, 0.4) is 0 Å². The van der Waals surface area contributed by atoms with Crippen molar-refractivity contribution in [3.63, 3.8) is 0 Å². The standard InChI is InChI=1S/C15H22BrN3O2/c1-2-9-18(11-12-5-7-17-8-6-12)15-4-3-13(19(20)21)10-14(15)16/h3-4,10,12,17H,2,5-9,11H2,1H3. The number of rotatable bonds is 6. The van der Waals surface area contributed by atoms with Crippen molar-refractivity contribution in [1.82, 2.24) is 5.32 Å². The van der Waals surface area contributed by atoms with Crippen LogP contribution in [-0.2, 0) is 0 Å². The Morgan fingerprint density at radius 2 is 2.14 bits per heavy atom. The van der Waals surface area contributed by atoms with E-state index in [4.69, 9.17) is 0 Å². The molecule has 2 rings (SSSR count). The van der Waals surface area contributed by atoms with Crippen LogP contribution < -0.4 is 10.2 Å². The highest BCUT2D eigenvalue weighted by molar-refractivity contribution is 9.10. The number of nitro benzene ring substituents is 1. The Hall–Kier alpha value is -1.14. The number of nitro groups is 1. The summed E-state index contributed by atoms with van der Waals surface area (Å²) in [5, 5.41) is 14.2. The number of benzene rings is 1. The number of nitrogens with one attached hydrogen (secondary N) is 1. The van der Waals surface area contributed by atoms with Gasteiger partial charge in [-0.1, -0.05) is 6.92 Å². The monoisotopic (exact) mass is 355 g/mol. The molecule has 1 aromatic carbocycles. The number of hydrogen-bond acceptors (Lipinski definition) is 4. The van der Waals surface area contributed by atoms with E-state index >= 15 is 0 Å². The van der Waals surface area contributed by atoms with Gasteiger partial charge in [0.05, 0.1) is 10.6 Å². The van der Waals surface area contributed by atoms with Crippen LogP contribution in [0.5, 0.6) is 0 Å². The van der Waals surface area contributed by atoms with Gasteiger partial charge in [-0.2, -0.15) is 0 Å². The SMILES string of the molecule is CCCN(CC1CCNCC1)c1ccc([N+](=O)[O-])cc1Br. The van der Waals surface area contributed by atoms with E-state index in [2.05, 4.69) is 33.1 Å². The average Bonchev–Trinajstić information content (AvgIpc) is 2.48. The third-order valence-corrected chi connectivity index (χ3v) is 4.55. The van der Waals surface area contributed by atoms with Gasteiger partial charge in [-0.15, -0.1) is 0 Å². The lowest BCUT2D eigenvalue weighted by Crippen LogP contribution is -2.36. The minimum absolute atomic E-state index is 0.129. The molecule has 116 valence electrons. The Bertz CT molecular complexity index is 490. The summed E-state index contributed by atoms with van der Waals surface area (Å²) in [6.07, 6.45) is 3.46. The van der Waals surface area contributed by atoms with Gasteiger partial charge in [-0.25, -0.2) is 0 Å². The van der Waals surface area contributed by atoms with Crippen molar-refractivity contribution in [3.8, 4) is 0 Å². The molecule has 0 spiro atoms. The van der Waals surface area contributed by atoms with E-state index in [0.717, 1.165) is 42.8 Å². The first-order valence-corrected chi connectivity index (χ1v) is 8.30. The molecule has 1 saturated heterocycles. The maximum atomic E-state index is 10.8. The Kier molecular flexibility index (Phi) is 5.99. The molecule has 0 aromatic heterocycles. The molecule has 1 aromatic rings. The molecule has 1 aliphatic rings. The minimum Gasteiger partial charge on any atom is -0.370 e. The minimum atomic E-state index is -0.356. The fourth-order valence-corrected chi connectivity index (χ4v) is 3.44. The summed E-state index contributed by atoms with van der Waals surface area (Å²) in [6.45, 7) is 6.33. The summed E-state index contributed by atoms with van der Waals surface area (Å²) in [6, 6.07) is 5.05. The number of non-ortho nitro benzene ring substituents is 1. The fraction of sp³-hybridized carbons (Fsp3) is 0.600. The third kappa shape index (κ3) is 4.41. The van der Waals surface area contributed by atoms with Gasteiger partial charge in [0, 0.05) is 29.7 Å². The quantitative estimate of drug-likeness (QED) is 0.625. The molecule has 1 N–H and O–H groups in total. The van der Waals surface area contributed by atoms with Crippen molar-refractivity contribution < 1.29 is 4.92 Å². The first kappa shape index (κ1) is 16.2. The van der Waals surface area contributed by atoms with Gasteiger partial charge in [-0.05, 0) is 60.3 Å². The maximum absolute atomic E-state index is 10.8. The van der Waals surface area contributed by atoms with Crippen LogP contribution in [0.25, 0.3) is 0 Å². The highest BCUT2D eigenvalue weighted by Crippen LogP contribution is 2.31. The van der Waals surface area contributed by atoms with Gasteiger partial charge in [0.1, 0.15) is 0 Å². The molecule has 0 unspecified atom stereocenters. The predicted molar refractivity (Wildman–Crippen MR) is 88.9 cm³/mol. The molecule has 0 aliphatic carbocycles. The van der Waals surface area contributed by atoms with Crippen LogP contribution >= 0.6 is 15.9 Å². The summed E-state index contributed by atoms with van der Waals surface area (Å²) in [7, 11) is 0. The molecular weight excluding hydrogens is 334 g/mol. The lowest BCUT2D eigenvalue weighted by atomic mass is 9.97. The molecule has 0 radical (unpaired) electrons. The summed E-state index contributed by atoms with van der Waals surface area (Å²) in [4.78, 5) is 12.8. The van der Waals surface area contributed by atoms with Crippen LogP contribution in [0.2, 0.25) is 0 Å². The second-order valence-electron chi connectivity index (χ2n) is 5.53. The molecule has 6 heteroatoms. The molecule has 21 heavy (non-hydrogen) atoms. The first-order valence-electron chi connectivity index (χ1n) is 7.51. The largest absolute Gasteiger partial charge is 0.370 e. The molecule has 1 fully saturated rings. The van der Waals surface area contributed by atoms with Crippen molar-refractivity contribution in [2.75, 3.05) is 31.1 Å². The van der Waals surface area contributed by atoms with Crippen LogP contribution in [-0.4, -0.2) is 31.1 Å². The van der Waals surface area contributed by atoms with Crippen molar-refractivity contribution in [3.05, 3.63) is 32.8 Å². The van der Waals surface area contributed by atoms with Gasteiger partial charge < -0.3 is 10.2 Å². The van der Waals surface area contributed by atoms with Gasteiger partial charge in [0.25, 0.3) is 5.69 Å². The third-order valence-electron chi connectivity index (χ3n) is 3.91. The van der Waals surface area contributed by atoms with Gasteiger partial charge in [-0.3, -0.25) is 10.1 Å². The second kappa shape index (κ2) is 7.75. The number of halogens is 1. The second-order valence-corrected chi connectivity index (χ2v) is 6.39. The number of anilines is 1. The van der Waals surface area contributed by atoms with Crippen LogP contribution in [0, 0.1) is 16.0 Å². The van der Waals surface area contributed by atoms with Crippen molar-refractivity contribution >= 4 is 27.3 Å². The summed E-state index contributed by atoms with van der Waals surface area (Å²) in [5.74, 6) is 0.694. The Labute approximate surface area is 134 Å². The number of nitrogens with zero attached hydrogens (tertiary/aromatic N) is 2. The average molecular weight is 356 g/mol. The molecule has 0 atom stereocenters. The topological polar surface area (TPSA) is 58.4 Å². The van der Waals surface area contributed by atoms with Gasteiger partial charge >= 0.3 is 0 Å². The number of hydrogen-bond donors (Lipinski definition) is 1. The van der Waals surface area contributed by atoms with E-state index in [1.807, 2.05) is 6.07 Å². The van der Waals surface area contributed by atoms with E-state index in [1.54, 1.807) is 12.1 Å². The molecule has 5 nitrogen and oxygen atoms in total. The zero-order chi connectivity index (χ0) is 15.2. The lowest BCUT2D eigenvalue weighted by molar-refractivity contribution is -0.384. The number of piperidine rings is 1. The molecule has 1 aliphatic heterocycles. The summed E-state index contributed by atoms with van der Waals surface area (Å²) >= 11 is 3.49. The normalized spacial score (nSPS) is 15.9. The smallest absolute Gasteiger partial charge is 0.270 e. The fourth-order valence-electron chi connectivity index (χ4n) is 2.82. The zero-order valence-corrected chi connectivity index (χ0v) is 13.9. The maximum Gasteiger partial charge on any atom is 0.270 e. The lowest BCUT2D eigenvalue weighted by Gasteiger charge is -2.32. The Morgan fingerprint density at radius 1 is 1.43 bits per heavy atom. The van der Waals surface area contributed by atoms with E-state index < -0.39 is 0 Å². The Balaban J connectivity index is 2.14. The highest BCUT2D eigenvalue weighted by atomic mass is 79.9. The van der Waals surface area contributed by atoms with E-state index in [1.165, 1.54) is 12.8 Å². The molecule has 0 bridgehead atoms. The van der Waals surface area contributed by atoms with Crippen LogP contribution in [0.4, 0.5) is 11.4 Å². The van der Waals surface area contributed by atoms with Crippen molar-refractivity contribution in [2.45, 2.75) is 26.2 Å². The molecule has 0 amide bonds. The van der Waals surface area contributed by atoms with Gasteiger partial charge in [0.2, 0.25) is 0 Å². The first-order chi connectivity index (χ1) is 10.1. The van der Waals surface area contributed by atoms with Crippen LogP contribution in [0.15, 0.2) is 22.7 Å². The van der Waals surface area contributed by atoms with E-state index in [9.17, 15) is 10.1 Å². The predicted octanol–water partition coefficient (Wildman–Crippen LogP) is 3.57. The zero-order valence-electron chi connectivity index (χ0n) is 12.3. The van der Waals surface area contributed by atoms with Crippen molar-refractivity contribution in [2.24, 2.45) is 5.92 Å². The molecule has 0 saturated carbocycles. The Morgan fingerprint density at radius 3 is 2.71 bits per heavy atom. The van der Waals surface area contributed by atoms with E-state index in [0.29, 0.717) is 5.92 Å². The van der Waals surface area contributed by atoms with Crippen molar-refractivity contribution in [1.29, 1.82) is 0 Å². The van der Waals surface area contributed by atoms with Gasteiger partial charge in [0.15, 0.2) is 0 Å². The molecule has 1 heterocycles. The summed E-state index contributed by atoms with van der Waals surface area (Å²) < 4.78 is 0.805.